The summed E-state index contributed by atoms with van der Waals surface area (Å²) in [6.07, 6.45) is 6.20. The maximum Gasteiger partial charge on any atom is 0.146 e. The second-order valence-electron chi connectivity index (χ2n) is 9.38. The summed E-state index contributed by atoms with van der Waals surface area (Å²) in [5, 5.41) is 5.09. The maximum atomic E-state index is 5.56. The first kappa shape index (κ1) is 20.6. The first-order valence-electron chi connectivity index (χ1n) is 11.7. The summed E-state index contributed by atoms with van der Waals surface area (Å²) in [6, 6.07) is 0.499. The number of hydrogen-bond acceptors (Lipinski definition) is 7. The number of piperidine rings is 1. The molecule has 0 aliphatic carbocycles. The molecule has 0 aromatic carbocycles. The highest BCUT2D eigenvalue weighted by molar-refractivity contribution is 7.18. The highest BCUT2D eigenvalue weighted by Crippen LogP contribution is 2.34. The van der Waals surface area contributed by atoms with Gasteiger partial charge in [-0.2, -0.15) is 0 Å². The van der Waals surface area contributed by atoms with Gasteiger partial charge in [0.05, 0.1) is 18.5 Å². The molecule has 3 saturated heterocycles. The van der Waals surface area contributed by atoms with Crippen LogP contribution in [0.4, 0.5) is 5.82 Å². The van der Waals surface area contributed by atoms with E-state index in [4.69, 9.17) is 14.7 Å². The molecule has 7 heteroatoms. The fourth-order valence-electron chi connectivity index (χ4n) is 5.16. The molecule has 30 heavy (non-hydrogen) atoms. The highest BCUT2D eigenvalue weighted by atomic mass is 32.1. The normalized spacial score (nSPS) is 24.3. The number of hydrogen-bond donors (Lipinski definition) is 1. The second-order valence-corrected chi connectivity index (χ2v) is 10.6. The van der Waals surface area contributed by atoms with E-state index in [0.29, 0.717) is 6.04 Å². The molecule has 0 bridgehead atoms. The van der Waals surface area contributed by atoms with Crippen LogP contribution in [0.2, 0.25) is 0 Å². The fraction of sp³-hybridized carbons (Fsp3) is 0.739. The van der Waals surface area contributed by atoms with Crippen LogP contribution in [0.5, 0.6) is 0 Å². The third kappa shape index (κ3) is 4.49. The molecule has 0 saturated carbocycles. The van der Waals surface area contributed by atoms with Crippen molar-refractivity contribution in [3.63, 3.8) is 0 Å². The van der Waals surface area contributed by atoms with Gasteiger partial charge in [0.25, 0.3) is 0 Å². The summed E-state index contributed by atoms with van der Waals surface area (Å²) in [7, 11) is 0. The van der Waals surface area contributed by atoms with Gasteiger partial charge in [-0.3, -0.25) is 4.90 Å². The molecule has 0 amide bonds. The lowest BCUT2D eigenvalue weighted by atomic mass is 10.0. The molecule has 1 unspecified atom stereocenters. The number of aryl methyl sites for hydroxylation is 2. The van der Waals surface area contributed by atoms with Gasteiger partial charge < -0.3 is 15.0 Å². The maximum absolute atomic E-state index is 5.56. The summed E-state index contributed by atoms with van der Waals surface area (Å²) >= 11 is 1.82. The SMILES string of the molecule is Cc1sc2nc(CN3CCCC3)nc(NC3CCN(CC4CCOC4)CC3)c2c1C. The molecule has 0 spiro atoms. The van der Waals surface area contributed by atoms with Gasteiger partial charge in [-0.05, 0) is 70.5 Å². The van der Waals surface area contributed by atoms with E-state index in [2.05, 4.69) is 29.0 Å². The Labute approximate surface area is 184 Å². The van der Waals surface area contributed by atoms with Crippen molar-refractivity contribution in [3.8, 4) is 0 Å². The minimum atomic E-state index is 0.499. The summed E-state index contributed by atoms with van der Waals surface area (Å²) in [5.41, 5.74) is 1.34. The van der Waals surface area contributed by atoms with Crippen molar-refractivity contribution >= 4 is 27.4 Å². The van der Waals surface area contributed by atoms with Gasteiger partial charge in [-0.15, -0.1) is 11.3 Å². The molecule has 2 aromatic rings. The van der Waals surface area contributed by atoms with E-state index in [0.717, 1.165) is 42.1 Å². The van der Waals surface area contributed by atoms with Gasteiger partial charge in [-0.25, -0.2) is 9.97 Å². The molecule has 1 atom stereocenters. The molecule has 6 nitrogen and oxygen atoms in total. The zero-order valence-electron chi connectivity index (χ0n) is 18.5. The second kappa shape index (κ2) is 9.07. The molecule has 3 fully saturated rings. The summed E-state index contributed by atoms with van der Waals surface area (Å²) < 4.78 is 5.56. The molecule has 0 radical (unpaired) electrons. The van der Waals surface area contributed by atoms with Crippen LogP contribution < -0.4 is 5.32 Å². The van der Waals surface area contributed by atoms with Crippen LogP contribution in [0.25, 0.3) is 10.2 Å². The van der Waals surface area contributed by atoms with Crippen LogP contribution in [0.1, 0.15) is 48.4 Å². The number of ether oxygens (including phenoxy) is 1. The third-order valence-electron chi connectivity index (χ3n) is 7.11. The van der Waals surface area contributed by atoms with Crippen LogP contribution in [0.3, 0.4) is 0 Å². The van der Waals surface area contributed by atoms with Crippen LogP contribution in [0, 0.1) is 19.8 Å². The zero-order chi connectivity index (χ0) is 20.5. The van der Waals surface area contributed by atoms with E-state index in [1.54, 1.807) is 0 Å². The Bertz CT molecular complexity index is 864. The Morgan fingerprint density at radius 2 is 1.83 bits per heavy atom. The third-order valence-corrected chi connectivity index (χ3v) is 8.21. The summed E-state index contributed by atoms with van der Waals surface area (Å²) in [4.78, 5) is 17.6. The minimum absolute atomic E-state index is 0.499. The minimum Gasteiger partial charge on any atom is -0.381 e. The topological polar surface area (TPSA) is 53.5 Å². The van der Waals surface area contributed by atoms with Gasteiger partial charge in [0.2, 0.25) is 0 Å². The first-order chi connectivity index (χ1) is 14.7. The molecule has 164 valence electrons. The molecule has 5 rings (SSSR count). The lowest BCUT2D eigenvalue weighted by Crippen LogP contribution is -2.41. The monoisotopic (exact) mass is 429 g/mol. The summed E-state index contributed by atoms with van der Waals surface area (Å²) in [6.45, 7) is 13.1. The Morgan fingerprint density at radius 3 is 2.57 bits per heavy atom. The average molecular weight is 430 g/mol. The molecule has 5 heterocycles. The van der Waals surface area contributed by atoms with Crippen molar-refractivity contribution < 1.29 is 4.74 Å². The Kier molecular flexibility index (Phi) is 6.23. The Morgan fingerprint density at radius 1 is 1.03 bits per heavy atom. The smallest absolute Gasteiger partial charge is 0.146 e. The van der Waals surface area contributed by atoms with Crippen LogP contribution in [0.15, 0.2) is 0 Å². The number of rotatable bonds is 6. The number of nitrogens with zero attached hydrogens (tertiary/aromatic N) is 4. The van der Waals surface area contributed by atoms with Crippen molar-refractivity contribution in [2.45, 2.75) is 58.5 Å². The lowest BCUT2D eigenvalue weighted by Gasteiger charge is -2.34. The average Bonchev–Trinajstić information content (AvgIpc) is 3.48. The van der Waals surface area contributed by atoms with E-state index in [1.165, 1.54) is 80.7 Å². The molecule has 1 N–H and O–H groups in total. The van der Waals surface area contributed by atoms with Gasteiger partial charge in [0.1, 0.15) is 16.5 Å². The van der Waals surface area contributed by atoms with Gasteiger partial charge >= 0.3 is 0 Å². The quantitative estimate of drug-likeness (QED) is 0.753. The number of nitrogens with one attached hydrogen (secondary N) is 1. The molecular weight excluding hydrogens is 394 g/mol. The van der Waals surface area contributed by atoms with Crippen LogP contribution in [-0.4, -0.2) is 71.7 Å². The van der Waals surface area contributed by atoms with Crippen molar-refractivity contribution in [2.75, 3.05) is 51.3 Å². The van der Waals surface area contributed by atoms with Crippen molar-refractivity contribution in [2.24, 2.45) is 5.92 Å². The number of thiophene rings is 1. The zero-order valence-corrected chi connectivity index (χ0v) is 19.3. The highest BCUT2D eigenvalue weighted by Gasteiger charge is 2.25. The van der Waals surface area contributed by atoms with Gasteiger partial charge in [0.15, 0.2) is 0 Å². The lowest BCUT2D eigenvalue weighted by molar-refractivity contribution is 0.154. The number of anilines is 1. The summed E-state index contributed by atoms with van der Waals surface area (Å²) in [5.74, 6) is 2.78. The molecule has 3 aliphatic heterocycles. The predicted octanol–water partition coefficient (Wildman–Crippen LogP) is 3.82. The number of aromatic nitrogens is 2. The number of fused-ring (bicyclic) bond motifs is 1. The Balaban J connectivity index is 1.29. The molecular formula is C23H35N5OS. The van der Waals surface area contributed by atoms with E-state index in [1.807, 2.05) is 11.3 Å². The molecule has 3 aliphatic rings. The Hall–Kier alpha value is -1.28. The van der Waals surface area contributed by atoms with E-state index >= 15 is 0 Å². The predicted molar refractivity (Wildman–Crippen MR) is 123 cm³/mol. The van der Waals surface area contributed by atoms with Gasteiger partial charge in [0, 0.05) is 37.2 Å². The van der Waals surface area contributed by atoms with Crippen LogP contribution in [-0.2, 0) is 11.3 Å². The number of likely N-dealkylation sites (tertiary alicyclic amines) is 2. The largest absolute Gasteiger partial charge is 0.381 e. The fourth-order valence-corrected chi connectivity index (χ4v) is 6.20. The van der Waals surface area contributed by atoms with Gasteiger partial charge in [-0.1, -0.05) is 0 Å². The van der Waals surface area contributed by atoms with E-state index < -0.39 is 0 Å². The van der Waals surface area contributed by atoms with E-state index in [9.17, 15) is 0 Å². The standard InChI is InChI=1S/C23H35N5OS/c1-16-17(2)30-23-21(16)22(25-20(26-23)14-27-8-3-4-9-27)24-19-5-10-28(11-6-19)13-18-7-12-29-15-18/h18-19H,3-15H2,1-2H3,(H,24,25,26). The van der Waals surface area contributed by atoms with Crippen molar-refractivity contribution in [1.29, 1.82) is 0 Å². The van der Waals surface area contributed by atoms with Crippen molar-refractivity contribution in [3.05, 3.63) is 16.3 Å². The van der Waals surface area contributed by atoms with E-state index in [-0.39, 0.29) is 0 Å². The van der Waals surface area contributed by atoms with Crippen molar-refractivity contribution in [1.82, 2.24) is 19.8 Å². The molecule has 2 aromatic heterocycles. The first-order valence-corrected chi connectivity index (χ1v) is 12.5. The van der Waals surface area contributed by atoms with Crippen LogP contribution >= 0.6 is 11.3 Å².